The van der Waals surface area contributed by atoms with E-state index in [1.807, 2.05) is 0 Å². The molecule has 112 valence electrons. The quantitative estimate of drug-likeness (QED) is 0.587. The van der Waals surface area contributed by atoms with Gasteiger partial charge in [-0.05, 0) is 11.8 Å². The first-order valence-corrected chi connectivity index (χ1v) is 6.56. The number of urea groups is 1. The number of nitrogens with one attached hydrogen (secondary N) is 3. The predicted molar refractivity (Wildman–Crippen MR) is 74.3 cm³/mol. The van der Waals surface area contributed by atoms with Gasteiger partial charge in [0.05, 0.1) is 0 Å². The van der Waals surface area contributed by atoms with Gasteiger partial charge >= 0.3 is 12.0 Å². The van der Waals surface area contributed by atoms with E-state index in [2.05, 4.69) is 20.6 Å². The van der Waals surface area contributed by atoms with E-state index in [9.17, 15) is 9.59 Å². The number of hydrogen-bond donors (Lipinski definition) is 4. The minimum Gasteiger partial charge on any atom is -0.480 e. The fourth-order valence-electron chi connectivity index (χ4n) is 1.72. The van der Waals surface area contributed by atoms with Gasteiger partial charge < -0.3 is 20.7 Å². The number of H-pyrrole nitrogens is 1. The Morgan fingerprint density at radius 3 is 2.65 bits per heavy atom. The molecule has 0 bridgehead atoms. The lowest BCUT2D eigenvalue weighted by Crippen LogP contribution is -2.52. The van der Waals surface area contributed by atoms with Crippen LogP contribution in [0.25, 0.3) is 0 Å². The highest BCUT2D eigenvalue weighted by atomic mass is 16.4. The summed E-state index contributed by atoms with van der Waals surface area (Å²) in [5, 5.41) is 14.2. The highest BCUT2D eigenvalue weighted by Gasteiger charge is 2.32. The average Bonchev–Trinajstić information content (AvgIpc) is 2.83. The Balaban J connectivity index is 2.30. The molecule has 1 aromatic rings. The third kappa shape index (κ3) is 5.29. The zero-order chi connectivity index (χ0) is 15.2. The molecule has 0 unspecified atom stereocenters. The van der Waals surface area contributed by atoms with Crippen LogP contribution in [-0.4, -0.2) is 39.7 Å². The van der Waals surface area contributed by atoms with E-state index >= 15 is 0 Å². The monoisotopic (exact) mass is 282 g/mol. The average molecular weight is 282 g/mol. The zero-order valence-corrected chi connectivity index (χ0v) is 12.1. The summed E-state index contributed by atoms with van der Waals surface area (Å²) in [4.78, 5) is 29.8. The molecule has 0 aliphatic rings. The number of hydrogen-bond acceptors (Lipinski definition) is 3. The van der Waals surface area contributed by atoms with Crippen molar-refractivity contribution in [2.45, 2.75) is 39.7 Å². The maximum Gasteiger partial charge on any atom is 0.326 e. The lowest BCUT2D eigenvalue weighted by atomic mass is 9.87. The number of amides is 2. The van der Waals surface area contributed by atoms with Crippen molar-refractivity contribution >= 4 is 12.0 Å². The number of aryl methyl sites for hydroxylation is 1. The second-order valence-corrected chi connectivity index (χ2v) is 5.68. The van der Waals surface area contributed by atoms with Gasteiger partial charge in [0, 0.05) is 25.4 Å². The van der Waals surface area contributed by atoms with Crippen LogP contribution in [0.1, 0.15) is 33.0 Å². The molecular formula is C13H22N4O3. The fraction of sp³-hybridized carbons (Fsp3) is 0.615. The number of carboxylic acid groups (broad SMARTS) is 1. The zero-order valence-electron chi connectivity index (χ0n) is 12.1. The van der Waals surface area contributed by atoms with Crippen molar-refractivity contribution in [3.8, 4) is 0 Å². The van der Waals surface area contributed by atoms with Gasteiger partial charge in [0.15, 0.2) is 0 Å². The van der Waals surface area contributed by atoms with Gasteiger partial charge in [-0.15, -0.1) is 0 Å². The van der Waals surface area contributed by atoms with Crippen molar-refractivity contribution in [1.29, 1.82) is 0 Å². The van der Waals surface area contributed by atoms with Crippen LogP contribution in [-0.2, 0) is 11.2 Å². The summed E-state index contributed by atoms with van der Waals surface area (Å²) in [6, 6.07) is -1.39. The van der Waals surface area contributed by atoms with Gasteiger partial charge in [0.1, 0.15) is 11.9 Å². The predicted octanol–water partition coefficient (Wildman–Crippen LogP) is 1.14. The van der Waals surface area contributed by atoms with Crippen LogP contribution >= 0.6 is 0 Å². The smallest absolute Gasteiger partial charge is 0.326 e. The lowest BCUT2D eigenvalue weighted by molar-refractivity contribution is -0.141. The van der Waals surface area contributed by atoms with Crippen LogP contribution in [0, 0.1) is 5.41 Å². The summed E-state index contributed by atoms with van der Waals surface area (Å²) in [6.07, 6.45) is 4.88. The minimum absolute atomic E-state index is 0.461. The standard InChI is InChI=1S/C13H22N4O3/c1-13(2,3)10(11(18)19)17-12(20)16-6-4-5-9-14-7-8-15-9/h7-8,10H,4-6H2,1-3H3,(H,14,15)(H,18,19)(H2,16,17,20)/t10-/m0/s1. The first-order valence-electron chi connectivity index (χ1n) is 6.56. The van der Waals surface area contributed by atoms with Crippen molar-refractivity contribution in [3.05, 3.63) is 18.2 Å². The number of aliphatic carboxylic acids is 1. The summed E-state index contributed by atoms with van der Waals surface area (Å²) in [5.74, 6) is -0.173. The molecule has 0 radical (unpaired) electrons. The Morgan fingerprint density at radius 1 is 1.45 bits per heavy atom. The molecule has 0 fully saturated rings. The summed E-state index contributed by atoms with van der Waals surface area (Å²) in [7, 11) is 0. The molecule has 4 N–H and O–H groups in total. The Kier molecular flexibility index (Phi) is 5.54. The van der Waals surface area contributed by atoms with Crippen LogP contribution in [0.15, 0.2) is 12.4 Å². The normalized spacial score (nSPS) is 12.8. The third-order valence-electron chi connectivity index (χ3n) is 2.82. The number of aromatic amines is 1. The van der Waals surface area contributed by atoms with Crippen molar-refractivity contribution in [2.75, 3.05) is 6.54 Å². The SMILES string of the molecule is CC(C)(C)[C@@H](NC(=O)NCCCc1ncc[nH]1)C(=O)O. The molecule has 1 heterocycles. The van der Waals surface area contributed by atoms with Crippen LogP contribution in [0.4, 0.5) is 4.79 Å². The van der Waals surface area contributed by atoms with Crippen LogP contribution in [0.2, 0.25) is 0 Å². The summed E-state index contributed by atoms with van der Waals surface area (Å²) < 4.78 is 0. The molecule has 1 aromatic heterocycles. The summed E-state index contributed by atoms with van der Waals surface area (Å²) in [5.41, 5.74) is -0.544. The highest BCUT2D eigenvalue weighted by molar-refractivity contribution is 5.83. The number of rotatable bonds is 6. The van der Waals surface area contributed by atoms with Crippen LogP contribution in [0.3, 0.4) is 0 Å². The van der Waals surface area contributed by atoms with Crippen molar-refractivity contribution in [3.63, 3.8) is 0 Å². The fourth-order valence-corrected chi connectivity index (χ4v) is 1.72. The first kappa shape index (κ1) is 16.0. The number of imidazole rings is 1. The molecule has 0 saturated carbocycles. The van der Waals surface area contributed by atoms with Gasteiger partial charge in [0.2, 0.25) is 0 Å². The summed E-state index contributed by atoms with van der Waals surface area (Å²) >= 11 is 0. The number of carbonyl (C=O) groups is 2. The Bertz CT molecular complexity index is 437. The minimum atomic E-state index is -1.04. The number of carboxylic acids is 1. The number of nitrogens with zero attached hydrogens (tertiary/aromatic N) is 1. The van der Waals surface area contributed by atoms with Gasteiger partial charge in [-0.1, -0.05) is 20.8 Å². The van der Waals surface area contributed by atoms with Gasteiger partial charge in [0.25, 0.3) is 0 Å². The van der Waals surface area contributed by atoms with E-state index in [0.29, 0.717) is 6.54 Å². The lowest BCUT2D eigenvalue weighted by Gasteiger charge is -2.27. The molecule has 2 amide bonds. The third-order valence-corrected chi connectivity index (χ3v) is 2.82. The second kappa shape index (κ2) is 6.93. The Morgan fingerprint density at radius 2 is 2.15 bits per heavy atom. The molecule has 1 rings (SSSR count). The molecule has 0 spiro atoms. The molecule has 0 aliphatic carbocycles. The van der Waals surface area contributed by atoms with Crippen LogP contribution in [0.5, 0.6) is 0 Å². The Labute approximate surface area is 118 Å². The molecule has 0 aliphatic heterocycles. The van der Waals surface area contributed by atoms with Crippen molar-refractivity contribution < 1.29 is 14.7 Å². The Hall–Kier alpha value is -2.05. The molecule has 0 aromatic carbocycles. The van der Waals surface area contributed by atoms with E-state index in [1.54, 1.807) is 33.2 Å². The maximum atomic E-state index is 11.7. The number of carbonyl (C=O) groups excluding carboxylic acids is 1. The summed E-state index contributed by atoms with van der Waals surface area (Å²) in [6.45, 7) is 5.76. The topological polar surface area (TPSA) is 107 Å². The van der Waals surface area contributed by atoms with Crippen molar-refractivity contribution in [1.82, 2.24) is 20.6 Å². The molecule has 7 heteroatoms. The van der Waals surface area contributed by atoms with Crippen molar-refractivity contribution in [2.24, 2.45) is 5.41 Å². The van der Waals surface area contributed by atoms with Gasteiger partial charge in [-0.25, -0.2) is 14.6 Å². The molecule has 0 saturated heterocycles. The largest absolute Gasteiger partial charge is 0.480 e. The van der Waals surface area contributed by atoms with E-state index in [1.165, 1.54) is 0 Å². The molecular weight excluding hydrogens is 260 g/mol. The molecule has 7 nitrogen and oxygen atoms in total. The van der Waals surface area contributed by atoms with E-state index in [4.69, 9.17) is 5.11 Å². The first-order chi connectivity index (χ1) is 9.30. The van der Waals surface area contributed by atoms with Crippen LogP contribution < -0.4 is 10.6 Å². The molecule has 1 atom stereocenters. The second-order valence-electron chi connectivity index (χ2n) is 5.68. The van der Waals surface area contributed by atoms with Gasteiger partial charge in [-0.3, -0.25) is 0 Å². The van der Waals surface area contributed by atoms with E-state index in [0.717, 1.165) is 18.7 Å². The highest BCUT2D eigenvalue weighted by Crippen LogP contribution is 2.19. The van der Waals surface area contributed by atoms with Gasteiger partial charge in [-0.2, -0.15) is 0 Å². The molecule has 20 heavy (non-hydrogen) atoms. The van der Waals surface area contributed by atoms with E-state index in [-0.39, 0.29) is 0 Å². The maximum absolute atomic E-state index is 11.7. The van der Waals surface area contributed by atoms with E-state index < -0.39 is 23.5 Å². The number of aromatic nitrogens is 2.